The Morgan fingerprint density at radius 1 is 1.08 bits per heavy atom. The Bertz CT molecular complexity index is 524. The van der Waals surface area contributed by atoms with Gasteiger partial charge in [-0.15, -0.1) is 0 Å². The summed E-state index contributed by atoms with van der Waals surface area (Å²) in [5.41, 5.74) is 0.874. The molecule has 0 saturated heterocycles. The van der Waals surface area contributed by atoms with E-state index in [9.17, 15) is 9.59 Å². The smallest absolute Gasteiger partial charge is 0.328 e. The minimum atomic E-state index is -1.01. The second-order valence-corrected chi connectivity index (χ2v) is 6.66. The van der Waals surface area contributed by atoms with Gasteiger partial charge in [0, 0.05) is 18.7 Å². The molecule has 1 amide bonds. The number of anilines is 1. The van der Waals surface area contributed by atoms with E-state index in [0.717, 1.165) is 30.5 Å². The summed E-state index contributed by atoms with van der Waals surface area (Å²) in [6.07, 6.45) is 5.81. The van der Waals surface area contributed by atoms with Crippen molar-refractivity contribution in [2.45, 2.75) is 64.8 Å². The topological polar surface area (TPSA) is 78.4 Å². The monoisotopic (exact) mass is 334 g/mol. The Balaban J connectivity index is 2.32. The van der Waals surface area contributed by atoms with Gasteiger partial charge in [0.25, 0.3) is 0 Å². The van der Waals surface area contributed by atoms with E-state index in [1.807, 2.05) is 24.3 Å². The molecule has 134 valence electrons. The van der Waals surface area contributed by atoms with E-state index in [2.05, 4.69) is 17.6 Å². The van der Waals surface area contributed by atoms with Crippen molar-refractivity contribution in [1.29, 1.82) is 0 Å². The Kier molecular flexibility index (Phi) is 8.30. The van der Waals surface area contributed by atoms with E-state index in [1.165, 1.54) is 12.8 Å². The molecule has 0 radical (unpaired) electrons. The van der Waals surface area contributed by atoms with Crippen molar-refractivity contribution in [2.24, 2.45) is 0 Å². The van der Waals surface area contributed by atoms with Crippen LogP contribution in [-0.4, -0.2) is 29.1 Å². The fourth-order valence-corrected chi connectivity index (χ4v) is 2.32. The number of amides is 1. The zero-order valence-corrected chi connectivity index (χ0v) is 15.0. The van der Waals surface area contributed by atoms with Crippen LogP contribution in [0.4, 0.5) is 5.69 Å². The number of hydrogen-bond acceptors (Lipinski definition) is 3. The molecular formula is C19H30N2O3. The molecule has 0 aliphatic rings. The summed E-state index contributed by atoms with van der Waals surface area (Å²) in [5.74, 6) is -0.777. The third-order valence-electron chi connectivity index (χ3n) is 3.94. The molecule has 1 rings (SSSR count). The van der Waals surface area contributed by atoms with Crippen LogP contribution in [-0.2, 0) is 16.0 Å². The number of carbonyl (C=O) groups is 2. The van der Waals surface area contributed by atoms with Gasteiger partial charge in [0.05, 0.1) is 0 Å². The summed E-state index contributed by atoms with van der Waals surface area (Å²) in [4.78, 5) is 22.8. The van der Waals surface area contributed by atoms with Gasteiger partial charge in [-0.25, -0.2) is 4.79 Å². The van der Waals surface area contributed by atoms with Gasteiger partial charge in [0.2, 0.25) is 5.91 Å². The largest absolute Gasteiger partial charge is 0.480 e. The maximum atomic E-state index is 11.7. The Hall–Kier alpha value is -2.04. The molecule has 24 heavy (non-hydrogen) atoms. The number of nitrogens with one attached hydrogen (secondary N) is 2. The summed E-state index contributed by atoms with van der Waals surface area (Å²) in [6.45, 7) is 6.03. The molecule has 0 heterocycles. The number of carbonyl (C=O) groups excluding carboxylic acids is 1. The number of aliphatic carboxylic acids is 1. The molecule has 0 atom stereocenters. The average Bonchev–Trinajstić information content (AvgIpc) is 2.53. The molecule has 0 saturated carbocycles. The van der Waals surface area contributed by atoms with Crippen molar-refractivity contribution >= 4 is 17.6 Å². The van der Waals surface area contributed by atoms with Crippen molar-refractivity contribution in [3.63, 3.8) is 0 Å². The normalized spacial score (nSPS) is 11.1. The summed E-state index contributed by atoms with van der Waals surface area (Å²) in [5, 5.41) is 15.0. The van der Waals surface area contributed by atoms with Gasteiger partial charge >= 0.3 is 5.97 Å². The van der Waals surface area contributed by atoms with Crippen LogP contribution in [0, 0.1) is 0 Å². The molecule has 0 unspecified atom stereocenters. The third-order valence-corrected chi connectivity index (χ3v) is 3.94. The van der Waals surface area contributed by atoms with E-state index >= 15 is 0 Å². The van der Waals surface area contributed by atoms with Crippen molar-refractivity contribution in [3.8, 4) is 0 Å². The van der Waals surface area contributed by atoms with Gasteiger partial charge in [-0.3, -0.25) is 4.79 Å². The SMILES string of the molecule is CCCCCCC(=O)NCCc1ccc(NC(C)(C)C(=O)O)cc1. The van der Waals surface area contributed by atoms with Crippen LogP contribution in [0.15, 0.2) is 24.3 Å². The maximum Gasteiger partial charge on any atom is 0.328 e. The Morgan fingerprint density at radius 2 is 1.75 bits per heavy atom. The minimum Gasteiger partial charge on any atom is -0.480 e. The lowest BCUT2D eigenvalue weighted by molar-refractivity contribution is -0.141. The van der Waals surface area contributed by atoms with Crippen LogP contribution < -0.4 is 10.6 Å². The molecule has 0 aromatic heterocycles. The molecule has 5 nitrogen and oxygen atoms in total. The zero-order chi connectivity index (χ0) is 18.0. The predicted octanol–water partition coefficient (Wildman–Crippen LogP) is 3.59. The fourth-order valence-electron chi connectivity index (χ4n) is 2.32. The number of carboxylic acid groups (broad SMARTS) is 1. The lowest BCUT2D eigenvalue weighted by Crippen LogP contribution is -2.39. The van der Waals surface area contributed by atoms with Gasteiger partial charge < -0.3 is 15.7 Å². The van der Waals surface area contributed by atoms with Crippen molar-refractivity contribution in [3.05, 3.63) is 29.8 Å². The average molecular weight is 334 g/mol. The Morgan fingerprint density at radius 3 is 2.33 bits per heavy atom. The standard InChI is InChI=1S/C19H30N2O3/c1-4-5-6-7-8-17(22)20-14-13-15-9-11-16(12-10-15)21-19(2,3)18(23)24/h9-12,21H,4-8,13-14H2,1-3H3,(H,20,22)(H,23,24). The van der Waals surface area contributed by atoms with Gasteiger partial charge in [-0.1, -0.05) is 38.3 Å². The second kappa shape index (κ2) is 9.96. The molecule has 0 spiro atoms. The highest BCUT2D eigenvalue weighted by Gasteiger charge is 2.26. The van der Waals surface area contributed by atoms with Crippen LogP contribution >= 0.6 is 0 Å². The number of benzene rings is 1. The van der Waals surface area contributed by atoms with E-state index < -0.39 is 11.5 Å². The highest BCUT2D eigenvalue weighted by molar-refractivity contribution is 5.81. The quantitative estimate of drug-likeness (QED) is 0.540. The van der Waals surface area contributed by atoms with Crippen molar-refractivity contribution < 1.29 is 14.7 Å². The third kappa shape index (κ3) is 7.49. The molecule has 1 aromatic carbocycles. The van der Waals surface area contributed by atoms with Crippen LogP contribution in [0.5, 0.6) is 0 Å². The first kappa shape index (κ1) is 20.0. The fraction of sp³-hybridized carbons (Fsp3) is 0.579. The first-order chi connectivity index (χ1) is 11.3. The van der Waals surface area contributed by atoms with E-state index in [-0.39, 0.29) is 5.91 Å². The lowest BCUT2D eigenvalue weighted by Gasteiger charge is -2.22. The van der Waals surface area contributed by atoms with Gasteiger partial charge in [0.1, 0.15) is 5.54 Å². The molecule has 0 bridgehead atoms. The first-order valence-electron chi connectivity index (χ1n) is 8.72. The van der Waals surface area contributed by atoms with E-state index in [4.69, 9.17) is 5.11 Å². The number of carboxylic acids is 1. The van der Waals surface area contributed by atoms with E-state index in [0.29, 0.717) is 13.0 Å². The lowest BCUT2D eigenvalue weighted by atomic mass is 10.0. The van der Waals surface area contributed by atoms with Gasteiger partial charge in [-0.05, 0) is 44.4 Å². The molecule has 0 fully saturated rings. The van der Waals surface area contributed by atoms with Crippen LogP contribution in [0.3, 0.4) is 0 Å². The summed E-state index contributed by atoms with van der Waals surface area (Å²) in [6, 6.07) is 7.64. The van der Waals surface area contributed by atoms with Crippen LogP contribution in [0.25, 0.3) is 0 Å². The zero-order valence-electron chi connectivity index (χ0n) is 15.0. The summed E-state index contributed by atoms with van der Waals surface area (Å²) in [7, 11) is 0. The minimum absolute atomic E-state index is 0.118. The maximum absolute atomic E-state index is 11.7. The molecule has 3 N–H and O–H groups in total. The van der Waals surface area contributed by atoms with Crippen LogP contribution in [0.1, 0.15) is 58.4 Å². The highest BCUT2D eigenvalue weighted by Crippen LogP contribution is 2.16. The number of hydrogen-bond donors (Lipinski definition) is 3. The van der Waals surface area contributed by atoms with Gasteiger partial charge in [0.15, 0.2) is 0 Å². The van der Waals surface area contributed by atoms with Crippen molar-refractivity contribution in [1.82, 2.24) is 5.32 Å². The van der Waals surface area contributed by atoms with Crippen molar-refractivity contribution in [2.75, 3.05) is 11.9 Å². The summed E-state index contributed by atoms with van der Waals surface area (Å²) >= 11 is 0. The second-order valence-electron chi connectivity index (χ2n) is 6.66. The molecule has 5 heteroatoms. The number of unbranched alkanes of at least 4 members (excludes halogenated alkanes) is 3. The summed E-state index contributed by atoms with van der Waals surface area (Å²) < 4.78 is 0. The predicted molar refractivity (Wildman–Crippen MR) is 97.3 cm³/mol. The molecular weight excluding hydrogens is 304 g/mol. The number of rotatable bonds is 11. The molecule has 0 aliphatic heterocycles. The van der Waals surface area contributed by atoms with E-state index in [1.54, 1.807) is 13.8 Å². The van der Waals surface area contributed by atoms with Gasteiger partial charge in [-0.2, -0.15) is 0 Å². The first-order valence-corrected chi connectivity index (χ1v) is 8.72. The molecule has 1 aromatic rings. The highest BCUT2D eigenvalue weighted by atomic mass is 16.4. The Labute approximate surface area is 144 Å². The molecule has 0 aliphatic carbocycles. The van der Waals surface area contributed by atoms with Crippen LogP contribution in [0.2, 0.25) is 0 Å².